The van der Waals surface area contributed by atoms with Crippen molar-refractivity contribution in [3.63, 3.8) is 0 Å². The summed E-state index contributed by atoms with van der Waals surface area (Å²) < 4.78 is 2.13. The van der Waals surface area contributed by atoms with Gasteiger partial charge in [0.1, 0.15) is 5.82 Å². The van der Waals surface area contributed by atoms with Crippen LogP contribution in [0.4, 0.5) is 0 Å². The molecule has 6 nitrogen and oxygen atoms in total. The number of rotatable bonds is 5. The minimum absolute atomic E-state index is 0.0415. The van der Waals surface area contributed by atoms with Crippen molar-refractivity contribution >= 4 is 17.2 Å². The Labute approximate surface area is 140 Å². The zero-order valence-corrected chi connectivity index (χ0v) is 14.4. The van der Waals surface area contributed by atoms with Crippen molar-refractivity contribution in [2.75, 3.05) is 13.1 Å². The molecule has 1 amide bonds. The van der Waals surface area contributed by atoms with E-state index in [9.17, 15) is 4.79 Å². The molecule has 3 heterocycles. The number of thiophene rings is 1. The molecule has 1 aliphatic rings. The number of amides is 1. The Kier molecular flexibility index (Phi) is 5.07. The molecule has 7 heteroatoms. The van der Waals surface area contributed by atoms with Crippen molar-refractivity contribution in [3.8, 4) is 0 Å². The average Bonchev–Trinajstić information content (AvgIpc) is 3.09. The van der Waals surface area contributed by atoms with Crippen LogP contribution in [-0.4, -0.2) is 33.8 Å². The van der Waals surface area contributed by atoms with Gasteiger partial charge in [0, 0.05) is 36.3 Å². The Hall–Kier alpha value is -1.73. The van der Waals surface area contributed by atoms with Gasteiger partial charge in [-0.05, 0) is 19.4 Å². The largest absolute Gasteiger partial charge is 0.342 e. The van der Waals surface area contributed by atoms with Crippen LogP contribution in [0.5, 0.6) is 0 Å². The van der Waals surface area contributed by atoms with Gasteiger partial charge in [-0.1, -0.05) is 13.3 Å². The van der Waals surface area contributed by atoms with Gasteiger partial charge >= 0.3 is 0 Å². The molecule has 2 N–H and O–H groups in total. The molecule has 0 saturated carbocycles. The van der Waals surface area contributed by atoms with Gasteiger partial charge < -0.3 is 15.2 Å². The van der Waals surface area contributed by atoms with Crippen LogP contribution < -0.4 is 10.6 Å². The van der Waals surface area contributed by atoms with Gasteiger partial charge in [0.2, 0.25) is 0 Å². The monoisotopic (exact) mass is 333 g/mol. The van der Waals surface area contributed by atoms with E-state index in [2.05, 4.69) is 32.3 Å². The molecular formula is C16H23N5OS. The first-order valence-electron chi connectivity index (χ1n) is 8.20. The first-order valence-corrected chi connectivity index (χ1v) is 9.08. The van der Waals surface area contributed by atoms with E-state index in [1.54, 1.807) is 11.3 Å². The number of aryl methyl sites for hydroxylation is 1. The van der Waals surface area contributed by atoms with Crippen molar-refractivity contribution in [1.82, 2.24) is 25.4 Å². The van der Waals surface area contributed by atoms with Gasteiger partial charge in [-0.25, -0.2) is 0 Å². The van der Waals surface area contributed by atoms with E-state index in [0.717, 1.165) is 56.1 Å². The second-order valence-electron chi connectivity index (χ2n) is 5.87. The van der Waals surface area contributed by atoms with Crippen molar-refractivity contribution in [3.05, 3.63) is 33.5 Å². The molecule has 1 atom stereocenters. The minimum Gasteiger partial charge on any atom is -0.342 e. The summed E-state index contributed by atoms with van der Waals surface area (Å²) in [5.74, 6) is 1.79. The fraction of sp³-hybridized carbons (Fsp3) is 0.562. The van der Waals surface area contributed by atoms with Crippen LogP contribution in [0.1, 0.15) is 53.2 Å². The molecule has 0 unspecified atom stereocenters. The maximum Gasteiger partial charge on any atom is 0.252 e. The van der Waals surface area contributed by atoms with E-state index >= 15 is 0 Å². The maximum absolute atomic E-state index is 12.4. The number of aromatic nitrogens is 3. The highest BCUT2D eigenvalue weighted by Crippen LogP contribution is 2.18. The van der Waals surface area contributed by atoms with Gasteiger partial charge in [-0.15, -0.1) is 21.5 Å². The fourth-order valence-corrected chi connectivity index (χ4v) is 3.81. The number of carbonyl (C=O) groups is 1. The lowest BCUT2D eigenvalue weighted by Gasteiger charge is -2.14. The lowest BCUT2D eigenvalue weighted by molar-refractivity contribution is 0.0938. The Balaban J connectivity index is 1.70. The van der Waals surface area contributed by atoms with Crippen LogP contribution >= 0.6 is 11.3 Å². The highest BCUT2D eigenvalue weighted by Gasteiger charge is 2.21. The molecule has 2 aromatic heterocycles. The summed E-state index contributed by atoms with van der Waals surface area (Å²) in [6.07, 6.45) is 2.99. The summed E-state index contributed by atoms with van der Waals surface area (Å²) in [6, 6.07) is 1.83. The summed E-state index contributed by atoms with van der Waals surface area (Å²) in [5.41, 5.74) is 0.738. The van der Waals surface area contributed by atoms with Crippen molar-refractivity contribution in [2.45, 2.75) is 45.7 Å². The number of hydrogen-bond acceptors (Lipinski definition) is 5. The standard InChI is InChI=1S/C16H23N5OS/c1-3-4-13-9-12(10-23-13)16(22)18-11(2)15-20-19-14-5-6-17-7-8-21(14)15/h9-11,17H,3-8H2,1-2H3,(H,18,22)/t11-/m0/s1. The molecule has 3 rings (SSSR count). The van der Waals surface area contributed by atoms with Gasteiger partial charge in [0.25, 0.3) is 5.91 Å². The number of carbonyl (C=O) groups excluding carboxylic acids is 1. The fourth-order valence-electron chi connectivity index (χ4n) is 2.84. The predicted molar refractivity (Wildman–Crippen MR) is 90.8 cm³/mol. The molecule has 0 bridgehead atoms. The van der Waals surface area contributed by atoms with E-state index in [1.165, 1.54) is 4.88 Å². The van der Waals surface area contributed by atoms with Crippen LogP contribution in [0.25, 0.3) is 0 Å². The second-order valence-corrected chi connectivity index (χ2v) is 6.87. The second kappa shape index (κ2) is 7.23. The van der Waals surface area contributed by atoms with E-state index in [0.29, 0.717) is 0 Å². The first-order chi connectivity index (χ1) is 11.2. The molecule has 0 radical (unpaired) electrons. The van der Waals surface area contributed by atoms with Crippen LogP contribution in [0.2, 0.25) is 0 Å². The third-order valence-electron chi connectivity index (χ3n) is 4.04. The van der Waals surface area contributed by atoms with Gasteiger partial charge in [-0.2, -0.15) is 0 Å². The van der Waals surface area contributed by atoms with E-state index in [1.807, 2.05) is 18.4 Å². The molecule has 23 heavy (non-hydrogen) atoms. The van der Waals surface area contributed by atoms with Gasteiger partial charge in [0.15, 0.2) is 5.82 Å². The SMILES string of the molecule is CCCc1cc(C(=O)N[C@@H](C)c2nnc3n2CCNCC3)cs1. The summed E-state index contributed by atoms with van der Waals surface area (Å²) in [5, 5.41) is 16.9. The zero-order chi connectivity index (χ0) is 16.2. The first kappa shape index (κ1) is 16.1. The summed E-state index contributed by atoms with van der Waals surface area (Å²) >= 11 is 1.65. The summed E-state index contributed by atoms with van der Waals surface area (Å²) in [6.45, 7) is 6.79. The molecule has 124 valence electrons. The Morgan fingerprint density at radius 2 is 2.35 bits per heavy atom. The average molecular weight is 333 g/mol. The van der Waals surface area contributed by atoms with E-state index in [-0.39, 0.29) is 11.9 Å². The number of nitrogens with one attached hydrogen (secondary N) is 2. The molecule has 1 aliphatic heterocycles. The Bertz CT molecular complexity index is 678. The zero-order valence-electron chi connectivity index (χ0n) is 13.6. The number of hydrogen-bond donors (Lipinski definition) is 2. The maximum atomic E-state index is 12.4. The van der Waals surface area contributed by atoms with Crippen LogP contribution in [0.3, 0.4) is 0 Å². The lowest BCUT2D eigenvalue weighted by Crippen LogP contribution is -2.29. The molecule has 0 aliphatic carbocycles. The van der Waals surface area contributed by atoms with Crippen molar-refractivity contribution < 1.29 is 4.79 Å². The molecular weight excluding hydrogens is 310 g/mol. The smallest absolute Gasteiger partial charge is 0.252 e. The number of fused-ring (bicyclic) bond motifs is 1. The third kappa shape index (κ3) is 3.61. The predicted octanol–water partition coefficient (Wildman–Crippen LogP) is 1.93. The van der Waals surface area contributed by atoms with Crippen LogP contribution in [0.15, 0.2) is 11.4 Å². The molecule has 2 aromatic rings. The highest BCUT2D eigenvalue weighted by atomic mass is 32.1. The number of nitrogens with zero attached hydrogens (tertiary/aromatic N) is 3. The minimum atomic E-state index is -0.156. The Morgan fingerprint density at radius 3 is 3.17 bits per heavy atom. The van der Waals surface area contributed by atoms with Crippen molar-refractivity contribution in [2.24, 2.45) is 0 Å². The van der Waals surface area contributed by atoms with Crippen LogP contribution in [-0.2, 0) is 19.4 Å². The summed E-state index contributed by atoms with van der Waals surface area (Å²) in [4.78, 5) is 13.7. The van der Waals surface area contributed by atoms with Crippen molar-refractivity contribution in [1.29, 1.82) is 0 Å². The van der Waals surface area contributed by atoms with Crippen LogP contribution in [0, 0.1) is 0 Å². The molecule has 0 spiro atoms. The molecule has 0 aromatic carbocycles. The normalized spacial score (nSPS) is 15.7. The van der Waals surface area contributed by atoms with E-state index in [4.69, 9.17) is 0 Å². The van der Waals surface area contributed by atoms with Gasteiger partial charge in [0.05, 0.1) is 11.6 Å². The van der Waals surface area contributed by atoms with Gasteiger partial charge in [-0.3, -0.25) is 4.79 Å². The molecule has 0 saturated heterocycles. The topological polar surface area (TPSA) is 71.8 Å². The quantitative estimate of drug-likeness (QED) is 0.877. The highest BCUT2D eigenvalue weighted by molar-refractivity contribution is 7.10. The van der Waals surface area contributed by atoms with E-state index < -0.39 is 0 Å². The Morgan fingerprint density at radius 1 is 1.48 bits per heavy atom. The summed E-state index contributed by atoms with van der Waals surface area (Å²) in [7, 11) is 0. The lowest BCUT2D eigenvalue weighted by atomic mass is 10.2. The third-order valence-corrected chi connectivity index (χ3v) is 5.04. The molecule has 0 fully saturated rings.